The average molecular weight is 349 g/mol. The predicted molar refractivity (Wildman–Crippen MR) is 98.7 cm³/mol. The highest BCUT2D eigenvalue weighted by molar-refractivity contribution is 6.31. The minimum atomic E-state index is -0.281. The van der Waals surface area contributed by atoms with E-state index in [1.807, 2.05) is 12.1 Å². The van der Waals surface area contributed by atoms with Crippen molar-refractivity contribution in [2.75, 3.05) is 6.61 Å². The highest BCUT2D eigenvalue weighted by atomic mass is 35.5. The topological polar surface area (TPSA) is 12.5 Å². The van der Waals surface area contributed by atoms with Gasteiger partial charge in [-0.1, -0.05) is 55.3 Å². The molecular weight excluding hydrogens is 323 g/mol. The molecule has 1 nitrogen and oxygen atoms in total. The second-order valence-corrected chi connectivity index (χ2v) is 7.24. The number of allylic oxidation sites excluding steroid dienone is 4. The SMILES string of the molecule is CCC/C=C/CCC1CC=C(c2ccc(C3CO3)c(Cl)c2F)CC1. The van der Waals surface area contributed by atoms with Crippen LogP contribution in [0.25, 0.3) is 5.57 Å². The lowest BCUT2D eigenvalue weighted by molar-refractivity contribution is 0.415. The number of rotatable bonds is 7. The van der Waals surface area contributed by atoms with Crippen LogP contribution >= 0.6 is 11.6 Å². The predicted octanol–water partition coefficient (Wildman–Crippen LogP) is 6.87. The molecule has 1 saturated heterocycles. The van der Waals surface area contributed by atoms with Crippen molar-refractivity contribution < 1.29 is 9.13 Å². The lowest BCUT2D eigenvalue weighted by atomic mass is 9.84. The molecule has 1 aromatic carbocycles. The molecule has 0 radical (unpaired) electrons. The summed E-state index contributed by atoms with van der Waals surface area (Å²) in [5, 5.41) is 0.235. The van der Waals surface area contributed by atoms with Crippen molar-refractivity contribution in [3.63, 3.8) is 0 Å². The first-order chi connectivity index (χ1) is 11.7. The van der Waals surface area contributed by atoms with Crippen LogP contribution in [0.15, 0.2) is 30.4 Å². The summed E-state index contributed by atoms with van der Waals surface area (Å²) in [5.41, 5.74) is 2.56. The lowest BCUT2D eigenvalue weighted by Gasteiger charge is -2.22. The monoisotopic (exact) mass is 348 g/mol. The molecule has 1 heterocycles. The van der Waals surface area contributed by atoms with Gasteiger partial charge in [0, 0.05) is 11.1 Å². The summed E-state index contributed by atoms with van der Waals surface area (Å²) < 4.78 is 19.8. The maximum atomic E-state index is 14.6. The fraction of sp³-hybridized carbons (Fsp3) is 0.524. The van der Waals surface area contributed by atoms with Gasteiger partial charge < -0.3 is 4.74 Å². The Bertz CT molecular complexity index is 631. The van der Waals surface area contributed by atoms with Crippen LogP contribution in [0.4, 0.5) is 4.39 Å². The third-order valence-corrected chi connectivity index (χ3v) is 5.41. The van der Waals surface area contributed by atoms with E-state index in [1.54, 1.807) is 0 Å². The molecule has 24 heavy (non-hydrogen) atoms. The smallest absolute Gasteiger partial charge is 0.149 e. The standard InChI is InChI=1S/C21H26ClFO/c1-2-3-4-5-6-7-15-8-10-16(11-9-15)17-12-13-18(19-14-24-19)20(22)21(17)23/h4-5,10,12-13,15,19H,2-3,6-9,11,14H2,1H3/b5-4+. The third kappa shape index (κ3) is 4.29. The molecule has 1 fully saturated rings. The zero-order chi connectivity index (χ0) is 16.9. The second-order valence-electron chi connectivity index (χ2n) is 6.86. The van der Waals surface area contributed by atoms with Gasteiger partial charge in [0.1, 0.15) is 11.9 Å². The van der Waals surface area contributed by atoms with Crippen molar-refractivity contribution in [2.45, 2.75) is 58.0 Å². The molecule has 0 N–H and O–H groups in total. The zero-order valence-electron chi connectivity index (χ0n) is 14.4. The van der Waals surface area contributed by atoms with E-state index in [9.17, 15) is 4.39 Å². The first-order valence-electron chi connectivity index (χ1n) is 9.14. The first-order valence-corrected chi connectivity index (χ1v) is 9.52. The van der Waals surface area contributed by atoms with Gasteiger partial charge in [0.05, 0.1) is 11.6 Å². The molecule has 0 aromatic heterocycles. The molecule has 1 aromatic rings. The van der Waals surface area contributed by atoms with Gasteiger partial charge in [0.2, 0.25) is 0 Å². The molecule has 2 unspecified atom stereocenters. The highest BCUT2D eigenvalue weighted by Gasteiger charge is 2.29. The van der Waals surface area contributed by atoms with Crippen LogP contribution in [0.1, 0.15) is 69.1 Å². The molecule has 0 amide bonds. The van der Waals surface area contributed by atoms with Crippen LogP contribution in [-0.2, 0) is 4.74 Å². The van der Waals surface area contributed by atoms with Gasteiger partial charge in [-0.25, -0.2) is 4.39 Å². The summed E-state index contributed by atoms with van der Waals surface area (Å²) in [7, 11) is 0. The number of hydrogen-bond acceptors (Lipinski definition) is 1. The average Bonchev–Trinajstić information content (AvgIpc) is 3.43. The van der Waals surface area contributed by atoms with Crippen molar-refractivity contribution in [1.29, 1.82) is 0 Å². The Labute approximate surface area is 149 Å². The summed E-state index contributed by atoms with van der Waals surface area (Å²) in [6.45, 7) is 2.85. The quantitative estimate of drug-likeness (QED) is 0.387. The van der Waals surface area contributed by atoms with Crippen LogP contribution in [0.3, 0.4) is 0 Å². The molecule has 130 valence electrons. The number of unbranched alkanes of at least 4 members (excludes halogenated alkanes) is 1. The Kier molecular flexibility index (Phi) is 6.13. The highest BCUT2D eigenvalue weighted by Crippen LogP contribution is 2.40. The zero-order valence-corrected chi connectivity index (χ0v) is 15.1. The van der Waals surface area contributed by atoms with Crippen LogP contribution in [0, 0.1) is 11.7 Å². The van der Waals surface area contributed by atoms with Gasteiger partial charge in [-0.2, -0.15) is 0 Å². The summed E-state index contributed by atoms with van der Waals surface area (Å²) in [4.78, 5) is 0. The first kappa shape index (κ1) is 17.7. The van der Waals surface area contributed by atoms with Gasteiger partial charge in [-0.05, 0) is 50.0 Å². The van der Waals surface area contributed by atoms with E-state index < -0.39 is 0 Å². The lowest BCUT2D eigenvalue weighted by Crippen LogP contribution is -2.06. The number of ether oxygens (including phenoxy) is 1. The van der Waals surface area contributed by atoms with Crippen molar-refractivity contribution in [3.05, 3.63) is 52.3 Å². The Morgan fingerprint density at radius 2 is 2.08 bits per heavy atom. The van der Waals surface area contributed by atoms with Gasteiger partial charge in [0.15, 0.2) is 0 Å². The van der Waals surface area contributed by atoms with Crippen LogP contribution in [-0.4, -0.2) is 6.61 Å². The number of epoxide rings is 1. The number of benzene rings is 1. The van der Waals surface area contributed by atoms with E-state index in [0.717, 1.165) is 42.7 Å². The Morgan fingerprint density at radius 1 is 1.29 bits per heavy atom. The Morgan fingerprint density at radius 3 is 2.75 bits per heavy atom. The van der Waals surface area contributed by atoms with E-state index in [1.165, 1.54) is 19.3 Å². The summed E-state index contributed by atoms with van der Waals surface area (Å²) in [6, 6.07) is 3.79. The normalized spacial score (nSPS) is 23.5. The van der Waals surface area contributed by atoms with Crippen molar-refractivity contribution in [2.24, 2.45) is 5.92 Å². The Hall–Kier alpha value is -1.12. The molecule has 2 atom stereocenters. The number of hydrogen-bond donors (Lipinski definition) is 0. The van der Waals surface area contributed by atoms with E-state index >= 15 is 0 Å². The maximum absolute atomic E-state index is 14.6. The van der Waals surface area contributed by atoms with E-state index in [2.05, 4.69) is 25.2 Å². The van der Waals surface area contributed by atoms with Crippen LogP contribution < -0.4 is 0 Å². The fourth-order valence-corrected chi connectivity index (χ4v) is 3.70. The second kappa shape index (κ2) is 8.31. The molecule has 2 aliphatic rings. The van der Waals surface area contributed by atoms with E-state index in [0.29, 0.717) is 12.2 Å². The van der Waals surface area contributed by atoms with Crippen molar-refractivity contribution in [1.82, 2.24) is 0 Å². The summed E-state index contributed by atoms with van der Waals surface area (Å²) >= 11 is 6.20. The molecule has 0 saturated carbocycles. The molecule has 1 aliphatic carbocycles. The van der Waals surface area contributed by atoms with E-state index in [-0.39, 0.29) is 16.9 Å². The maximum Gasteiger partial charge on any atom is 0.149 e. The van der Waals surface area contributed by atoms with E-state index in [4.69, 9.17) is 16.3 Å². The molecule has 3 heteroatoms. The van der Waals surface area contributed by atoms with Gasteiger partial charge >= 0.3 is 0 Å². The molecule has 1 aliphatic heterocycles. The minimum Gasteiger partial charge on any atom is -0.368 e. The molecule has 3 rings (SSSR count). The van der Waals surface area contributed by atoms with Crippen molar-refractivity contribution >= 4 is 17.2 Å². The molecular formula is C21H26ClFO. The van der Waals surface area contributed by atoms with Gasteiger partial charge in [-0.3, -0.25) is 0 Å². The fourth-order valence-electron chi connectivity index (χ4n) is 3.42. The summed E-state index contributed by atoms with van der Waals surface area (Å²) in [6.07, 6.45) is 14.7. The molecule has 0 bridgehead atoms. The summed E-state index contributed by atoms with van der Waals surface area (Å²) in [5.74, 6) is 0.439. The number of halogens is 2. The van der Waals surface area contributed by atoms with Gasteiger partial charge in [0.25, 0.3) is 0 Å². The molecule has 0 spiro atoms. The largest absolute Gasteiger partial charge is 0.368 e. The Balaban J connectivity index is 1.60. The third-order valence-electron chi connectivity index (χ3n) is 5.02. The minimum absolute atomic E-state index is 0.00784. The van der Waals surface area contributed by atoms with Crippen LogP contribution in [0.5, 0.6) is 0 Å². The van der Waals surface area contributed by atoms with Crippen molar-refractivity contribution in [3.8, 4) is 0 Å². The van der Waals surface area contributed by atoms with Gasteiger partial charge in [-0.15, -0.1) is 0 Å². The van der Waals surface area contributed by atoms with Crippen LogP contribution in [0.2, 0.25) is 5.02 Å².